The zero-order valence-corrected chi connectivity index (χ0v) is 11.0. The van der Waals surface area contributed by atoms with Crippen molar-refractivity contribution in [2.45, 2.75) is 19.3 Å². The van der Waals surface area contributed by atoms with Crippen LogP contribution in [-0.2, 0) is 4.79 Å². The van der Waals surface area contributed by atoms with E-state index in [0.717, 1.165) is 29.6 Å². The average molecular weight is 300 g/mol. The molecular weight excluding hydrogens is 286 g/mol. The maximum atomic E-state index is 11.6. The second-order valence-electron chi connectivity index (χ2n) is 3.76. The van der Waals surface area contributed by atoms with Crippen molar-refractivity contribution in [3.8, 4) is 11.5 Å². The number of halogens is 1. The van der Waals surface area contributed by atoms with Crippen LogP contribution in [0.2, 0.25) is 0 Å². The molecule has 0 bridgehead atoms. The van der Waals surface area contributed by atoms with Crippen molar-refractivity contribution in [1.82, 2.24) is 0 Å². The Labute approximate surface area is 108 Å². The monoisotopic (exact) mass is 299 g/mol. The lowest BCUT2D eigenvalue weighted by molar-refractivity contribution is -0.116. The lowest BCUT2D eigenvalue weighted by Gasteiger charge is -2.05. The number of hydrogen-bond donors (Lipinski definition) is 1. The number of amides is 1. The van der Waals surface area contributed by atoms with Crippen molar-refractivity contribution in [1.29, 1.82) is 0 Å². The Kier molecular flexibility index (Phi) is 4.25. The number of rotatable bonds is 5. The topological polar surface area (TPSA) is 47.6 Å². The summed E-state index contributed by atoms with van der Waals surface area (Å²) in [5.41, 5.74) is 0.748. The van der Waals surface area contributed by atoms with E-state index in [1.54, 1.807) is 12.1 Å². The van der Waals surface area contributed by atoms with Crippen molar-refractivity contribution in [2.24, 2.45) is 0 Å². The van der Waals surface area contributed by atoms with E-state index in [1.165, 1.54) is 0 Å². The van der Waals surface area contributed by atoms with E-state index in [-0.39, 0.29) is 12.7 Å². The van der Waals surface area contributed by atoms with Crippen molar-refractivity contribution in [3.05, 3.63) is 18.2 Å². The van der Waals surface area contributed by atoms with Gasteiger partial charge in [-0.05, 0) is 25.0 Å². The highest BCUT2D eigenvalue weighted by molar-refractivity contribution is 9.09. The van der Waals surface area contributed by atoms with Crippen molar-refractivity contribution in [3.63, 3.8) is 0 Å². The molecule has 0 aliphatic carbocycles. The summed E-state index contributed by atoms with van der Waals surface area (Å²) in [7, 11) is 0. The zero-order chi connectivity index (χ0) is 12.1. The number of unbranched alkanes of at least 4 members (excludes halogenated alkanes) is 1. The van der Waals surface area contributed by atoms with Gasteiger partial charge in [-0.2, -0.15) is 0 Å². The number of alkyl halides is 1. The summed E-state index contributed by atoms with van der Waals surface area (Å²) in [6.07, 6.45) is 2.44. The van der Waals surface area contributed by atoms with Gasteiger partial charge in [0.05, 0.1) is 0 Å². The summed E-state index contributed by atoms with van der Waals surface area (Å²) in [6, 6.07) is 5.40. The quantitative estimate of drug-likeness (QED) is 0.672. The molecule has 2 rings (SSSR count). The first-order valence-electron chi connectivity index (χ1n) is 5.55. The number of benzene rings is 1. The van der Waals surface area contributed by atoms with E-state index in [4.69, 9.17) is 9.47 Å². The van der Waals surface area contributed by atoms with Crippen LogP contribution in [-0.4, -0.2) is 18.0 Å². The highest BCUT2D eigenvalue weighted by Gasteiger charge is 2.13. The average Bonchev–Trinajstić information content (AvgIpc) is 2.76. The van der Waals surface area contributed by atoms with Gasteiger partial charge in [-0.3, -0.25) is 4.79 Å². The zero-order valence-electron chi connectivity index (χ0n) is 9.37. The molecule has 5 heteroatoms. The Morgan fingerprint density at radius 2 is 2.12 bits per heavy atom. The standard InChI is InChI=1S/C12H14BrNO3/c13-6-2-1-3-12(15)14-9-4-5-10-11(7-9)17-8-16-10/h4-5,7H,1-3,6,8H2,(H,14,15). The van der Waals surface area contributed by atoms with Crippen molar-refractivity contribution >= 4 is 27.5 Å². The van der Waals surface area contributed by atoms with Crippen LogP contribution in [0.15, 0.2) is 18.2 Å². The second kappa shape index (κ2) is 5.91. The normalized spacial score (nSPS) is 12.5. The van der Waals surface area contributed by atoms with Gasteiger partial charge in [-0.15, -0.1) is 0 Å². The molecule has 0 fully saturated rings. The molecule has 0 radical (unpaired) electrons. The van der Waals surface area contributed by atoms with E-state index >= 15 is 0 Å². The molecule has 0 unspecified atom stereocenters. The Balaban J connectivity index is 1.88. The first-order valence-corrected chi connectivity index (χ1v) is 6.67. The molecule has 0 spiro atoms. The minimum Gasteiger partial charge on any atom is -0.454 e. The third kappa shape index (κ3) is 3.36. The predicted molar refractivity (Wildman–Crippen MR) is 68.8 cm³/mol. The van der Waals surface area contributed by atoms with Crippen LogP contribution in [0, 0.1) is 0 Å². The predicted octanol–water partition coefficient (Wildman–Crippen LogP) is 2.92. The molecule has 0 saturated heterocycles. The molecule has 92 valence electrons. The highest BCUT2D eigenvalue weighted by atomic mass is 79.9. The van der Waals surface area contributed by atoms with E-state index in [0.29, 0.717) is 12.2 Å². The van der Waals surface area contributed by atoms with Gasteiger partial charge in [0, 0.05) is 23.5 Å². The van der Waals surface area contributed by atoms with Crippen LogP contribution < -0.4 is 14.8 Å². The van der Waals surface area contributed by atoms with Gasteiger partial charge in [0.1, 0.15) is 0 Å². The van der Waals surface area contributed by atoms with Crippen molar-refractivity contribution in [2.75, 3.05) is 17.4 Å². The Bertz CT molecular complexity index is 409. The maximum Gasteiger partial charge on any atom is 0.231 e. The molecular formula is C12H14BrNO3. The molecule has 1 aliphatic heterocycles. The van der Waals surface area contributed by atoms with Crippen LogP contribution in [0.25, 0.3) is 0 Å². The van der Waals surface area contributed by atoms with E-state index < -0.39 is 0 Å². The van der Waals surface area contributed by atoms with E-state index in [9.17, 15) is 4.79 Å². The summed E-state index contributed by atoms with van der Waals surface area (Å²) in [5, 5.41) is 3.78. The second-order valence-corrected chi connectivity index (χ2v) is 4.56. The van der Waals surface area contributed by atoms with Crippen LogP contribution in [0.4, 0.5) is 5.69 Å². The molecule has 0 aromatic heterocycles. The molecule has 0 atom stereocenters. The molecule has 1 heterocycles. The lowest BCUT2D eigenvalue weighted by atomic mass is 10.2. The first-order chi connectivity index (χ1) is 8.29. The van der Waals surface area contributed by atoms with Gasteiger partial charge >= 0.3 is 0 Å². The number of carbonyl (C=O) groups excluding carboxylic acids is 1. The molecule has 1 aromatic rings. The number of anilines is 1. The van der Waals surface area contributed by atoms with Gasteiger partial charge in [0.2, 0.25) is 12.7 Å². The summed E-state index contributed by atoms with van der Waals surface area (Å²) in [5.74, 6) is 1.44. The van der Waals surface area contributed by atoms with Crippen LogP contribution in [0.5, 0.6) is 11.5 Å². The fraction of sp³-hybridized carbons (Fsp3) is 0.417. The van der Waals surface area contributed by atoms with Gasteiger partial charge in [-0.1, -0.05) is 15.9 Å². The van der Waals surface area contributed by atoms with Crippen LogP contribution in [0.3, 0.4) is 0 Å². The third-order valence-corrected chi connectivity index (χ3v) is 3.00. The largest absolute Gasteiger partial charge is 0.454 e. The van der Waals surface area contributed by atoms with Crippen molar-refractivity contribution < 1.29 is 14.3 Å². The van der Waals surface area contributed by atoms with Gasteiger partial charge < -0.3 is 14.8 Å². The minimum atomic E-state index is 0.0322. The number of carbonyl (C=O) groups is 1. The smallest absolute Gasteiger partial charge is 0.231 e. The lowest BCUT2D eigenvalue weighted by Crippen LogP contribution is -2.10. The van der Waals surface area contributed by atoms with Gasteiger partial charge in [0.15, 0.2) is 11.5 Å². The number of ether oxygens (including phenoxy) is 2. The number of hydrogen-bond acceptors (Lipinski definition) is 3. The summed E-state index contributed by atoms with van der Waals surface area (Å²) in [6.45, 7) is 0.248. The van der Waals surface area contributed by atoms with E-state index in [1.807, 2.05) is 6.07 Å². The third-order valence-electron chi connectivity index (χ3n) is 2.44. The van der Waals surface area contributed by atoms with Gasteiger partial charge in [-0.25, -0.2) is 0 Å². The summed E-state index contributed by atoms with van der Waals surface area (Å²) in [4.78, 5) is 11.6. The molecule has 1 amide bonds. The number of fused-ring (bicyclic) bond motifs is 1. The summed E-state index contributed by atoms with van der Waals surface area (Å²) < 4.78 is 10.4. The Morgan fingerprint density at radius 3 is 2.94 bits per heavy atom. The maximum absolute atomic E-state index is 11.6. The minimum absolute atomic E-state index is 0.0322. The highest BCUT2D eigenvalue weighted by Crippen LogP contribution is 2.34. The molecule has 17 heavy (non-hydrogen) atoms. The molecule has 4 nitrogen and oxygen atoms in total. The summed E-state index contributed by atoms with van der Waals surface area (Å²) >= 11 is 3.34. The first kappa shape index (κ1) is 12.2. The number of nitrogens with one attached hydrogen (secondary N) is 1. The van der Waals surface area contributed by atoms with Crippen LogP contribution in [0.1, 0.15) is 19.3 Å². The molecule has 1 aromatic carbocycles. The fourth-order valence-electron chi connectivity index (χ4n) is 1.58. The Morgan fingerprint density at radius 1 is 1.29 bits per heavy atom. The molecule has 0 saturated carbocycles. The van der Waals surface area contributed by atoms with Gasteiger partial charge in [0.25, 0.3) is 0 Å². The van der Waals surface area contributed by atoms with Crippen LogP contribution >= 0.6 is 15.9 Å². The Hall–Kier alpha value is -1.23. The van der Waals surface area contributed by atoms with E-state index in [2.05, 4.69) is 21.2 Å². The molecule has 1 aliphatic rings. The SMILES string of the molecule is O=C(CCCCBr)Nc1ccc2c(c1)OCO2. The molecule has 1 N–H and O–H groups in total. The fourth-order valence-corrected chi connectivity index (χ4v) is 1.97.